The van der Waals surface area contributed by atoms with Gasteiger partial charge in [0.2, 0.25) is 11.8 Å². The van der Waals surface area contributed by atoms with Crippen LogP contribution in [0.3, 0.4) is 0 Å². The van der Waals surface area contributed by atoms with Crippen molar-refractivity contribution >= 4 is 29.7 Å². The topological polar surface area (TPSA) is 96.2 Å². The van der Waals surface area contributed by atoms with Crippen LogP contribution >= 0.6 is 11.8 Å². The van der Waals surface area contributed by atoms with E-state index in [2.05, 4.69) is 0 Å². The Labute approximate surface area is 277 Å². The number of ether oxygens (including phenoxy) is 1. The van der Waals surface area contributed by atoms with Crippen molar-refractivity contribution < 1.29 is 49.9 Å². The van der Waals surface area contributed by atoms with Crippen molar-refractivity contribution in [1.82, 2.24) is 14.7 Å². The summed E-state index contributed by atoms with van der Waals surface area (Å²) in [6, 6.07) is 5.39. The van der Waals surface area contributed by atoms with Gasteiger partial charge in [-0.05, 0) is 92.1 Å². The number of piperazine rings is 1. The summed E-state index contributed by atoms with van der Waals surface area (Å²) in [5.74, 6) is -1.35. The van der Waals surface area contributed by atoms with Crippen LogP contribution in [0.5, 0.6) is 0 Å². The van der Waals surface area contributed by atoms with E-state index in [0.29, 0.717) is 50.0 Å². The molecule has 16 heteroatoms. The van der Waals surface area contributed by atoms with Gasteiger partial charge in [0, 0.05) is 13.1 Å². The maximum Gasteiger partial charge on any atom is 0.416 e. The van der Waals surface area contributed by atoms with Gasteiger partial charge in [-0.2, -0.15) is 38.1 Å². The molecule has 48 heavy (non-hydrogen) atoms. The first-order chi connectivity index (χ1) is 22.6. The van der Waals surface area contributed by atoms with E-state index in [9.17, 15) is 45.1 Å². The number of alkyl halides is 6. The molecule has 0 spiro atoms. The molecule has 3 atom stereocenters. The Balaban J connectivity index is 1.67. The summed E-state index contributed by atoms with van der Waals surface area (Å²) >= 11 is 1.58. The maximum absolute atomic E-state index is 14.1. The third-order valence-electron chi connectivity index (χ3n) is 8.37. The van der Waals surface area contributed by atoms with E-state index < -0.39 is 71.6 Å². The van der Waals surface area contributed by atoms with Gasteiger partial charge in [0.1, 0.15) is 24.6 Å². The summed E-state index contributed by atoms with van der Waals surface area (Å²) < 4.78 is 99.6. The van der Waals surface area contributed by atoms with Gasteiger partial charge in [0.15, 0.2) is 0 Å². The number of halogens is 7. The van der Waals surface area contributed by atoms with Gasteiger partial charge < -0.3 is 20.3 Å². The molecule has 264 valence electrons. The maximum atomic E-state index is 14.1. The lowest BCUT2D eigenvalue weighted by molar-refractivity contribution is -0.173. The van der Waals surface area contributed by atoms with Crippen molar-refractivity contribution in [2.75, 3.05) is 38.2 Å². The van der Waals surface area contributed by atoms with E-state index in [4.69, 9.17) is 10.5 Å². The average molecular weight is 707 g/mol. The zero-order valence-corrected chi connectivity index (χ0v) is 27.0. The van der Waals surface area contributed by atoms with Crippen LogP contribution in [0.2, 0.25) is 0 Å². The first-order valence-electron chi connectivity index (χ1n) is 15.4. The molecule has 0 aliphatic carbocycles. The van der Waals surface area contributed by atoms with E-state index >= 15 is 0 Å². The zero-order valence-electron chi connectivity index (χ0n) is 26.2. The van der Waals surface area contributed by atoms with Crippen molar-refractivity contribution in [1.29, 1.82) is 0 Å². The van der Waals surface area contributed by atoms with Gasteiger partial charge >= 0.3 is 18.4 Å². The van der Waals surface area contributed by atoms with Gasteiger partial charge in [-0.15, -0.1) is 0 Å². The van der Waals surface area contributed by atoms with Crippen molar-refractivity contribution in [2.24, 2.45) is 11.7 Å². The molecule has 2 N–H and O–H groups in total. The van der Waals surface area contributed by atoms with Gasteiger partial charge in [0.05, 0.1) is 23.6 Å². The van der Waals surface area contributed by atoms with Gasteiger partial charge in [-0.3, -0.25) is 14.5 Å². The summed E-state index contributed by atoms with van der Waals surface area (Å²) in [6.45, 7) is -0.492. The quantitative estimate of drug-likeness (QED) is 0.218. The zero-order chi connectivity index (χ0) is 35.2. The van der Waals surface area contributed by atoms with Gasteiger partial charge in [0.25, 0.3) is 0 Å². The highest BCUT2D eigenvalue weighted by Crippen LogP contribution is 2.37. The Hall–Kier alpha value is -3.53. The SMILES string of the molecule is CSCCCN1C[C@@H]2N(C(=O)OCc3cc(C(F)(F)F)cc(C(F)(F)F)c3)C[C@@H](Cc3ccc(F)cc3)C(=O)N2[C@@H](CCCCN)C1=O. The van der Waals surface area contributed by atoms with Gasteiger partial charge in [-0.25, -0.2) is 9.18 Å². The van der Waals surface area contributed by atoms with Crippen LogP contribution in [0.25, 0.3) is 0 Å². The lowest BCUT2D eigenvalue weighted by Gasteiger charge is -2.53. The van der Waals surface area contributed by atoms with E-state index in [-0.39, 0.29) is 37.9 Å². The van der Waals surface area contributed by atoms with Crippen LogP contribution < -0.4 is 5.73 Å². The Kier molecular flexibility index (Phi) is 12.3. The number of hydrogen-bond donors (Lipinski definition) is 1. The molecular weight excluding hydrogens is 669 g/mol. The minimum Gasteiger partial charge on any atom is -0.444 e. The third kappa shape index (κ3) is 9.12. The number of nitrogens with two attached hydrogens (primary N) is 1. The van der Waals surface area contributed by atoms with Crippen LogP contribution in [-0.2, 0) is 39.7 Å². The van der Waals surface area contributed by atoms with Crippen LogP contribution in [0, 0.1) is 11.7 Å². The van der Waals surface area contributed by atoms with Crippen molar-refractivity contribution in [3.05, 3.63) is 70.5 Å². The minimum atomic E-state index is -5.09. The highest BCUT2D eigenvalue weighted by Gasteiger charge is 2.51. The van der Waals surface area contributed by atoms with Crippen molar-refractivity contribution in [2.45, 2.75) is 63.3 Å². The van der Waals surface area contributed by atoms with E-state index in [1.54, 1.807) is 16.7 Å². The monoisotopic (exact) mass is 706 g/mol. The summed E-state index contributed by atoms with van der Waals surface area (Å²) in [5.41, 5.74) is 2.62. The molecule has 0 bridgehead atoms. The molecule has 2 aliphatic heterocycles. The number of unbranched alkanes of at least 4 members (excludes halogenated alkanes) is 1. The fourth-order valence-electron chi connectivity index (χ4n) is 6.04. The summed E-state index contributed by atoms with van der Waals surface area (Å²) in [7, 11) is 0. The summed E-state index contributed by atoms with van der Waals surface area (Å²) in [6.07, 6.45) is -8.30. The number of hydrogen-bond acceptors (Lipinski definition) is 6. The van der Waals surface area contributed by atoms with Crippen LogP contribution in [0.1, 0.15) is 47.9 Å². The number of nitrogens with zero attached hydrogens (tertiary/aromatic N) is 3. The fraction of sp³-hybridized carbons (Fsp3) is 0.531. The summed E-state index contributed by atoms with van der Waals surface area (Å²) in [5, 5.41) is 0. The predicted molar refractivity (Wildman–Crippen MR) is 164 cm³/mol. The lowest BCUT2D eigenvalue weighted by Crippen LogP contribution is -2.73. The van der Waals surface area contributed by atoms with Crippen molar-refractivity contribution in [3.63, 3.8) is 0 Å². The number of benzene rings is 2. The molecule has 3 amide bonds. The highest BCUT2D eigenvalue weighted by atomic mass is 32.2. The highest BCUT2D eigenvalue weighted by molar-refractivity contribution is 7.98. The number of thioether (sulfide) groups is 1. The second kappa shape index (κ2) is 15.8. The predicted octanol–water partition coefficient (Wildman–Crippen LogP) is 5.92. The Bertz CT molecular complexity index is 1410. The second-order valence-corrected chi connectivity index (χ2v) is 12.8. The molecule has 0 aromatic heterocycles. The minimum absolute atomic E-state index is 0.0189. The van der Waals surface area contributed by atoms with Crippen molar-refractivity contribution in [3.8, 4) is 0 Å². The molecular formula is C32H37F7N4O4S. The van der Waals surface area contributed by atoms with Crippen LogP contribution in [-0.4, -0.2) is 83.0 Å². The molecule has 2 aliphatic rings. The molecule has 2 fully saturated rings. The largest absolute Gasteiger partial charge is 0.444 e. The number of carbonyl (C=O) groups excluding carboxylic acids is 3. The van der Waals surface area contributed by atoms with Crippen LogP contribution in [0.15, 0.2) is 42.5 Å². The van der Waals surface area contributed by atoms with E-state index in [0.717, 1.165) is 5.75 Å². The Morgan fingerprint density at radius 1 is 0.917 bits per heavy atom. The molecule has 0 saturated carbocycles. The first kappa shape index (κ1) is 37.3. The second-order valence-electron chi connectivity index (χ2n) is 11.8. The van der Waals surface area contributed by atoms with E-state index in [1.807, 2.05) is 6.26 Å². The number of carbonyl (C=O) groups is 3. The first-order valence-corrected chi connectivity index (χ1v) is 16.8. The molecule has 0 radical (unpaired) electrons. The number of fused-ring (bicyclic) bond motifs is 1. The number of rotatable bonds is 12. The van der Waals surface area contributed by atoms with E-state index in [1.165, 1.54) is 34.1 Å². The molecule has 2 heterocycles. The van der Waals surface area contributed by atoms with Gasteiger partial charge in [-0.1, -0.05) is 12.1 Å². The molecule has 0 unspecified atom stereocenters. The molecule has 2 aromatic rings. The Morgan fingerprint density at radius 2 is 1.56 bits per heavy atom. The molecule has 2 aromatic carbocycles. The third-order valence-corrected chi connectivity index (χ3v) is 9.06. The fourth-order valence-corrected chi connectivity index (χ4v) is 6.46. The lowest BCUT2D eigenvalue weighted by atomic mass is 9.90. The molecule has 2 saturated heterocycles. The normalized spacial score (nSPS) is 20.3. The smallest absolute Gasteiger partial charge is 0.416 e. The molecule has 4 rings (SSSR count). The Morgan fingerprint density at radius 3 is 2.15 bits per heavy atom. The van der Waals surface area contributed by atoms with Crippen LogP contribution in [0.4, 0.5) is 35.5 Å². The summed E-state index contributed by atoms with van der Waals surface area (Å²) in [4.78, 5) is 45.7. The standard InChI is InChI=1S/C32H37F7N4O4S/c1-48-12-4-11-41-18-27-42(30(46)47-19-21-14-23(31(34,35)36)16-24(15-21)32(37,38)39)17-22(13-20-6-8-25(33)9-7-20)28(44)43(27)26(29(41)45)5-2-3-10-40/h6-9,14-16,22,26-27H,2-5,10-13,17-19,40H2,1H3/t22-,26+,27-/m1/s1. The number of amides is 3. The molecule has 8 nitrogen and oxygen atoms in total. The average Bonchev–Trinajstić information content (AvgIpc) is 3.03.